The standard InChI is InChI=1S/C16H11ClFN5O/c17-10-4-3-5-11(18)9(10)8-23-13-7-2-1-6-12(13)20-16(23)14-15(19)22-24-21-14/h1-7H,8H2,(H2,19,22). The molecule has 2 N–H and O–H groups in total. The number of nitrogen functional groups attached to an aromatic ring is 1. The van der Waals surface area contributed by atoms with Crippen LogP contribution in [0.4, 0.5) is 10.2 Å². The van der Waals surface area contributed by atoms with Crippen LogP contribution < -0.4 is 5.73 Å². The third-order valence-corrected chi connectivity index (χ3v) is 4.11. The molecule has 0 unspecified atom stereocenters. The second-order valence-electron chi connectivity index (χ2n) is 5.21. The minimum Gasteiger partial charge on any atom is -0.379 e. The van der Waals surface area contributed by atoms with Gasteiger partial charge in [-0.15, -0.1) is 0 Å². The number of imidazole rings is 1. The molecule has 4 aromatic rings. The first-order valence-corrected chi connectivity index (χ1v) is 7.49. The van der Waals surface area contributed by atoms with Crippen LogP contribution in [0.1, 0.15) is 5.56 Å². The zero-order valence-electron chi connectivity index (χ0n) is 12.3. The van der Waals surface area contributed by atoms with Gasteiger partial charge in [-0.1, -0.05) is 29.8 Å². The lowest BCUT2D eigenvalue weighted by atomic mass is 10.2. The molecule has 24 heavy (non-hydrogen) atoms. The summed E-state index contributed by atoms with van der Waals surface area (Å²) in [4.78, 5) is 4.53. The largest absolute Gasteiger partial charge is 0.379 e. The Morgan fingerprint density at radius 2 is 1.96 bits per heavy atom. The van der Waals surface area contributed by atoms with Gasteiger partial charge in [0.25, 0.3) is 0 Å². The normalized spacial score (nSPS) is 11.2. The third-order valence-electron chi connectivity index (χ3n) is 3.76. The number of hydrogen-bond donors (Lipinski definition) is 1. The van der Waals surface area contributed by atoms with Gasteiger partial charge in [0.2, 0.25) is 0 Å². The molecule has 120 valence electrons. The maximum absolute atomic E-state index is 14.2. The van der Waals surface area contributed by atoms with E-state index in [2.05, 4.69) is 19.9 Å². The van der Waals surface area contributed by atoms with Crippen LogP contribution in [-0.4, -0.2) is 19.9 Å². The smallest absolute Gasteiger partial charge is 0.199 e. The Bertz CT molecular complexity index is 1020. The summed E-state index contributed by atoms with van der Waals surface area (Å²) in [7, 11) is 0. The van der Waals surface area contributed by atoms with E-state index in [1.165, 1.54) is 6.07 Å². The van der Waals surface area contributed by atoms with E-state index in [-0.39, 0.29) is 12.4 Å². The molecular formula is C16H11ClFN5O. The van der Waals surface area contributed by atoms with Gasteiger partial charge in [0.05, 0.1) is 17.6 Å². The number of benzene rings is 2. The highest BCUT2D eigenvalue weighted by molar-refractivity contribution is 6.31. The lowest BCUT2D eigenvalue weighted by molar-refractivity contribution is 0.310. The number of halogens is 2. The highest BCUT2D eigenvalue weighted by Gasteiger charge is 2.20. The Labute approximate surface area is 140 Å². The fourth-order valence-electron chi connectivity index (χ4n) is 2.61. The summed E-state index contributed by atoms with van der Waals surface area (Å²) in [5.74, 6) is 0.165. The molecule has 8 heteroatoms. The van der Waals surface area contributed by atoms with E-state index >= 15 is 0 Å². The lowest BCUT2D eigenvalue weighted by Crippen LogP contribution is -2.06. The summed E-state index contributed by atoms with van der Waals surface area (Å²) in [5, 5.41) is 7.73. The van der Waals surface area contributed by atoms with Crippen LogP contribution in [-0.2, 0) is 6.54 Å². The molecule has 0 saturated heterocycles. The zero-order chi connectivity index (χ0) is 16.7. The van der Waals surface area contributed by atoms with E-state index in [1.54, 1.807) is 16.7 Å². The van der Waals surface area contributed by atoms with Crippen LogP contribution in [0.5, 0.6) is 0 Å². The van der Waals surface area contributed by atoms with Crippen LogP contribution in [0.15, 0.2) is 47.1 Å². The molecule has 0 bridgehead atoms. The maximum atomic E-state index is 14.2. The average Bonchev–Trinajstić information content (AvgIpc) is 3.14. The van der Waals surface area contributed by atoms with Gasteiger partial charge in [-0.3, -0.25) is 0 Å². The first kappa shape index (κ1) is 14.6. The van der Waals surface area contributed by atoms with Crippen LogP contribution in [0.3, 0.4) is 0 Å². The average molecular weight is 344 g/mol. The number of anilines is 1. The van der Waals surface area contributed by atoms with Crippen molar-refractivity contribution in [3.05, 3.63) is 58.9 Å². The molecule has 2 aromatic heterocycles. The highest BCUT2D eigenvalue weighted by Crippen LogP contribution is 2.29. The number of hydrogen-bond acceptors (Lipinski definition) is 5. The molecular weight excluding hydrogens is 333 g/mol. The van der Waals surface area contributed by atoms with Gasteiger partial charge in [-0.05, 0) is 34.6 Å². The van der Waals surface area contributed by atoms with Crippen molar-refractivity contribution in [3.8, 4) is 11.5 Å². The molecule has 0 radical (unpaired) electrons. The SMILES string of the molecule is Nc1nonc1-c1nc2ccccc2n1Cc1c(F)cccc1Cl. The zero-order valence-corrected chi connectivity index (χ0v) is 13.0. The molecule has 6 nitrogen and oxygen atoms in total. The second kappa shape index (κ2) is 5.61. The van der Waals surface area contributed by atoms with Crippen molar-refractivity contribution in [1.82, 2.24) is 19.9 Å². The number of aromatic nitrogens is 4. The van der Waals surface area contributed by atoms with E-state index in [4.69, 9.17) is 17.3 Å². The number of para-hydroxylation sites is 2. The summed E-state index contributed by atoms with van der Waals surface area (Å²) in [6.07, 6.45) is 0. The number of nitrogens with zero attached hydrogens (tertiary/aromatic N) is 4. The molecule has 4 rings (SSSR count). The third kappa shape index (κ3) is 2.30. The number of fused-ring (bicyclic) bond motifs is 1. The molecule has 0 amide bonds. The minimum absolute atomic E-state index is 0.117. The predicted molar refractivity (Wildman–Crippen MR) is 87.9 cm³/mol. The molecule has 0 fully saturated rings. The monoisotopic (exact) mass is 343 g/mol. The van der Waals surface area contributed by atoms with Crippen molar-refractivity contribution in [3.63, 3.8) is 0 Å². The Morgan fingerprint density at radius 3 is 2.71 bits per heavy atom. The van der Waals surface area contributed by atoms with Crippen LogP contribution in [0, 0.1) is 5.82 Å². The molecule has 2 heterocycles. The van der Waals surface area contributed by atoms with Crippen molar-refractivity contribution in [1.29, 1.82) is 0 Å². The number of nitrogens with two attached hydrogens (primary N) is 1. The van der Waals surface area contributed by atoms with Crippen molar-refractivity contribution in [2.45, 2.75) is 6.54 Å². The molecule has 0 aliphatic heterocycles. The van der Waals surface area contributed by atoms with Gasteiger partial charge in [0, 0.05) is 10.6 Å². The fraction of sp³-hybridized carbons (Fsp3) is 0.0625. The molecule has 0 aliphatic carbocycles. The van der Waals surface area contributed by atoms with Gasteiger partial charge < -0.3 is 10.3 Å². The lowest BCUT2D eigenvalue weighted by Gasteiger charge is -2.10. The van der Waals surface area contributed by atoms with E-state index in [9.17, 15) is 4.39 Å². The van der Waals surface area contributed by atoms with E-state index in [1.807, 2.05) is 24.3 Å². The quantitative estimate of drug-likeness (QED) is 0.615. The van der Waals surface area contributed by atoms with Crippen molar-refractivity contribution in [2.75, 3.05) is 5.73 Å². The Kier molecular flexibility index (Phi) is 3.42. The summed E-state index contributed by atoms with van der Waals surface area (Å²) in [5.41, 5.74) is 7.98. The summed E-state index contributed by atoms with van der Waals surface area (Å²) in [6, 6.07) is 12.0. The Balaban J connectivity index is 1.95. The van der Waals surface area contributed by atoms with Gasteiger partial charge in [0.15, 0.2) is 17.3 Å². The Hall–Kier alpha value is -2.93. The van der Waals surface area contributed by atoms with Crippen molar-refractivity contribution >= 4 is 28.5 Å². The predicted octanol–water partition coefficient (Wildman–Crippen LogP) is 3.51. The second-order valence-corrected chi connectivity index (χ2v) is 5.62. The van der Waals surface area contributed by atoms with Gasteiger partial charge in [0.1, 0.15) is 5.82 Å². The molecule has 2 aromatic carbocycles. The highest BCUT2D eigenvalue weighted by atomic mass is 35.5. The molecule has 0 atom stereocenters. The van der Waals surface area contributed by atoms with E-state index < -0.39 is 5.82 Å². The summed E-state index contributed by atoms with van der Waals surface area (Å²) in [6.45, 7) is 0.174. The van der Waals surface area contributed by atoms with Gasteiger partial charge >= 0.3 is 0 Å². The topological polar surface area (TPSA) is 82.8 Å². The van der Waals surface area contributed by atoms with Crippen LogP contribution >= 0.6 is 11.6 Å². The Morgan fingerprint density at radius 1 is 1.12 bits per heavy atom. The fourth-order valence-corrected chi connectivity index (χ4v) is 2.83. The first-order chi connectivity index (χ1) is 11.6. The van der Waals surface area contributed by atoms with Crippen LogP contribution in [0.2, 0.25) is 5.02 Å². The van der Waals surface area contributed by atoms with E-state index in [0.29, 0.717) is 22.1 Å². The summed E-state index contributed by atoms with van der Waals surface area (Å²) >= 11 is 6.16. The summed E-state index contributed by atoms with van der Waals surface area (Å²) < 4.78 is 20.7. The minimum atomic E-state index is -0.391. The van der Waals surface area contributed by atoms with Crippen LogP contribution in [0.25, 0.3) is 22.6 Å². The molecule has 0 aliphatic rings. The first-order valence-electron chi connectivity index (χ1n) is 7.11. The van der Waals surface area contributed by atoms with Crippen molar-refractivity contribution in [2.24, 2.45) is 0 Å². The van der Waals surface area contributed by atoms with Gasteiger partial charge in [-0.2, -0.15) is 0 Å². The van der Waals surface area contributed by atoms with Crippen molar-refractivity contribution < 1.29 is 9.02 Å². The maximum Gasteiger partial charge on any atom is 0.199 e. The number of rotatable bonds is 3. The van der Waals surface area contributed by atoms with E-state index in [0.717, 1.165) is 11.0 Å². The van der Waals surface area contributed by atoms with Gasteiger partial charge in [-0.25, -0.2) is 14.0 Å². The molecule has 0 saturated carbocycles. The molecule has 0 spiro atoms.